The number of allylic oxidation sites excluding steroid dienone is 12. The lowest BCUT2D eigenvalue weighted by atomic mass is 9.96. The number of hydrogen-bond acceptors (Lipinski definition) is 9. The SMILES string of the molecule is C=CC1=C(C)C2=NC1=CC1=NC(=CC3=NC(=CC4=NC(=C2)C(C)=C4CCC(=O)OC)C(CCC(=O)OC)=C3C)C(C=O)=C1C. The fourth-order valence-corrected chi connectivity index (χ4v) is 5.70. The number of carbonyl (C=O) groups excluding carboxylic acids is 3. The van der Waals surface area contributed by atoms with Gasteiger partial charge in [-0.2, -0.15) is 0 Å². The largest absolute Gasteiger partial charge is 0.469 e. The van der Waals surface area contributed by atoms with Crippen LogP contribution in [0.5, 0.6) is 0 Å². The maximum absolute atomic E-state index is 12.2. The van der Waals surface area contributed by atoms with Crippen molar-refractivity contribution in [3.05, 3.63) is 104 Å². The zero-order valence-corrected chi connectivity index (χ0v) is 25.8. The molecule has 0 radical (unpaired) electrons. The summed E-state index contributed by atoms with van der Waals surface area (Å²) in [5.41, 5.74) is 11.8. The Morgan fingerprint density at radius 2 is 1.09 bits per heavy atom. The topological polar surface area (TPSA) is 119 Å². The summed E-state index contributed by atoms with van der Waals surface area (Å²) in [5, 5.41) is 0. The number of methoxy groups -OCH3 is 2. The Morgan fingerprint density at radius 1 is 0.636 bits per heavy atom. The van der Waals surface area contributed by atoms with Crippen molar-refractivity contribution in [2.45, 2.75) is 53.4 Å². The Labute approximate surface area is 256 Å². The lowest BCUT2D eigenvalue weighted by molar-refractivity contribution is -0.141. The van der Waals surface area contributed by atoms with E-state index in [-0.39, 0.29) is 24.8 Å². The highest BCUT2D eigenvalue weighted by molar-refractivity contribution is 6.21. The minimum absolute atomic E-state index is 0.174. The number of hydrogen-bond donors (Lipinski definition) is 0. The first-order valence-corrected chi connectivity index (χ1v) is 14.4. The molecule has 0 N–H and O–H groups in total. The highest BCUT2D eigenvalue weighted by Crippen LogP contribution is 2.37. The summed E-state index contributed by atoms with van der Waals surface area (Å²) < 4.78 is 9.81. The fourth-order valence-electron chi connectivity index (χ4n) is 5.70. The van der Waals surface area contributed by atoms with Crippen molar-refractivity contribution >= 4 is 41.1 Å². The van der Waals surface area contributed by atoms with Gasteiger partial charge in [-0.25, -0.2) is 20.0 Å². The van der Waals surface area contributed by atoms with Crippen molar-refractivity contribution in [2.75, 3.05) is 14.2 Å². The van der Waals surface area contributed by atoms with E-state index in [1.807, 2.05) is 45.9 Å². The Morgan fingerprint density at radius 3 is 1.66 bits per heavy atom. The van der Waals surface area contributed by atoms with Crippen LogP contribution >= 0.6 is 0 Å². The van der Waals surface area contributed by atoms with Gasteiger partial charge in [0.2, 0.25) is 0 Å². The Kier molecular flexibility index (Phi) is 8.49. The van der Waals surface area contributed by atoms with Crippen LogP contribution in [0, 0.1) is 0 Å². The predicted octanol–water partition coefficient (Wildman–Crippen LogP) is 5.91. The van der Waals surface area contributed by atoms with E-state index >= 15 is 0 Å². The van der Waals surface area contributed by atoms with E-state index in [1.165, 1.54) is 14.2 Å². The molecule has 44 heavy (non-hydrogen) atoms. The second kappa shape index (κ2) is 12.3. The molecule has 9 heteroatoms. The van der Waals surface area contributed by atoms with E-state index in [4.69, 9.17) is 29.4 Å². The van der Waals surface area contributed by atoms with Gasteiger partial charge in [0.1, 0.15) is 0 Å². The first-order chi connectivity index (χ1) is 21.1. The van der Waals surface area contributed by atoms with Gasteiger partial charge in [0, 0.05) is 24.0 Å². The second-order valence-corrected chi connectivity index (χ2v) is 10.9. The third kappa shape index (κ3) is 5.53. The molecule has 0 aromatic heterocycles. The zero-order chi connectivity index (χ0) is 31.7. The summed E-state index contributed by atoms with van der Waals surface area (Å²) in [6.07, 6.45) is 11.3. The molecule has 5 heterocycles. The molecule has 0 unspecified atom stereocenters. The lowest BCUT2D eigenvalue weighted by Crippen LogP contribution is -2.05. The quantitative estimate of drug-likeness (QED) is 0.257. The Balaban J connectivity index is 1.76. The molecule has 5 aliphatic heterocycles. The second-order valence-electron chi connectivity index (χ2n) is 10.9. The molecule has 5 rings (SSSR count). The molecule has 0 saturated heterocycles. The van der Waals surface area contributed by atoms with E-state index < -0.39 is 0 Å². The normalized spacial score (nSPS) is 19.2. The molecule has 8 bridgehead atoms. The first kappa shape index (κ1) is 30.4. The summed E-state index contributed by atoms with van der Waals surface area (Å²) in [5.74, 6) is -0.642. The third-order valence-corrected chi connectivity index (χ3v) is 8.41. The van der Waals surface area contributed by atoms with Crippen molar-refractivity contribution in [1.29, 1.82) is 0 Å². The molecule has 0 spiro atoms. The van der Waals surface area contributed by atoms with E-state index in [0.717, 1.165) is 56.7 Å². The van der Waals surface area contributed by atoms with Crippen LogP contribution < -0.4 is 0 Å². The fraction of sp³-hybridized carbons (Fsp3) is 0.286. The van der Waals surface area contributed by atoms with Crippen molar-refractivity contribution in [3.63, 3.8) is 0 Å². The zero-order valence-electron chi connectivity index (χ0n) is 25.8. The van der Waals surface area contributed by atoms with Gasteiger partial charge in [0.25, 0.3) is 0 Å². The van der Waals surface area contributed by atoms with Gasteiger partial charge < -0.3 is 9.47 Å². The smallest absolute Gasteiger partial charge is 0.305 e. The summed E-state index contributed by atoms with van der Waals surface area (Å²) in [7, 11) is 2.74. The molecule has 0 aromatic rings. The van der Waals surface area contributed by atoms with Gasteiger partial charge in [-0.05, 0) is 98.3 Å². The van der Waals surface area contributed by atoms with Crippen LogP contribution in [0.1, 0.15) is 53.4 Å². The number of nitrogens with zero attached hydrogens (tertiary/aromatic N) is 4. The lowest BCUT2D eigenvalue weighted by Gasteiger charge is -2.08. The summed E-state index contributed by atoms with van der Waals surface area (Å²) in [6.45, 7) is 11.8. The van der Waals surface area contributed by atoms with Gasteiger partial charge in [-0.1, -0.05) is 12.7 Å². The van der Waals surface area contributed by atoms with Crippen molar-refractivity contribution in [1.82, 2.24) is 0 Å². The van der Waals surface area contributed by atoms with Gasteiger partial charge >= 0.3 is 11.9 Å². The number of aliphatic imine (C=N–C) groups is 4. The highest BCUT2D eigenvalue weighted by Gasteiger charge is 2.29. The van der Waals surface area contributed by atoms with E-state index in [1.54, 1.807) is 12.2 Å². The molecule has 9 nitrogen and oxygen atoms in total. The molecular weight excluding hydrogens is 556 g/mol. The van der Waals surface area contributed by atoms with E-state index in [9.17, 15) is 14.4 Å². The number of aldehydes is 1. The predicted molar refractivity (Wildman–Crippen MR) is 172 cm³/mol. The maximum Gasteiger partial charge on any atom is 0.305 e. The van der Waals surface area contributed by atoms with Crippen LogP contribution in [-0.2, 0) is 23.9 Å². The molecule has 0 amide bonds. The van der Waals surface area contributed by atoms with Crippen LogP contribution in [0.2, 0.25) is 0 Å². The number of esters is 2. The number of ether oxygens (including phenoxy) is 2. The molecule has 0 aromatic carbocycles. The van der Waals surface area contributed by atoms with Crippen LogP contribution in [0.4, 0.5) is 0 Å². The molecular formula is C35H34N4O5. The minimum Gasteiger partial charge on any atom is -0.469 e. The van der Waals surface area contributed by atoms with Crippen molar-refractivity contribution < 1.29 is 23.9 Å². The highest BCUT2D eigenvalue weighted by atomic mass is 16.5. The average molecular weight is 591 g/mol. The van der Waals surface area contributed by atoms with Crippen molar-refractivity contribution in [2.24, 2.45) is 20.0 Å². The third-order valence-electron chi connectivity index (χ3n) is 8.41. The van der Waals surface area contributed by atoms with Crippen molar-refractivity contribution in [3.8, 4) is 0 Å². The number of fused-ring (bicyclic) bond motifs is 4. The summed E-state index contributed by atoms with van der Waals surface area (Å²) >= 11 is 0. The molecule has 0 aliphatic carbocycles. The van der Waals surface area contributed by atoms with Gasteiger partial charge in [0.15, 0.2) is 6.29 Å². The number of rotatable bonds is 8. The Hall–Kier alpha value is -5.05. The van der Waals surface area contributed by atoms with Crippen LogP contribution in [-0.4, -0.2) is 55.3 Å². The van der Waals surface area contributed by atoms with E-state index in [2.05, 4.69) is 6.58 Å². The van der Waals surface area contributed by atoms with Gasteiger partial charge in [0.05, 0.1) is 59.9 Å². The monoisotopic (exact) mass is 590 g/mol. The van der Waals surface area contributed by atoms with E-state index in [0.29, 0.717) is 52.6 Å². The number of carbonyl (C=O) groups is 3. The van der Waals surface area contributed by atoms with Gasteiger partial charge in [-0.15, -0.1) is 0 Å². The molecule has 0 atom stereocenters. The molecule has 224 valence electrons. The molecule has 0 fully saturated rings. The molecule has 5 aliphatic rings. The standard InChI is InChI=1S/C35H34N4O5/c1-8-22-18(2)26-13-27-19(3)23(9-11-34(41)43-6)31(37-27)16-32-24(10-12-35(42)44-7)20(4)28(38-32)15-33-25(17-40)21(5)29(39-33)14-30(22)36-26/h8,13-17H,1,9-12H2,2-7H3. The molecule has 0 saturated carbocycles. The summed E-state index contributed by atoms with van der Waals surface area (Å²) in [6, 6.07) is 0. The maximum atomic E-state index is 12.2. The Bertz CT molecular complexity index is 1810. The van der Waals surface area contributed by atoms with Gasteiger partial charge in [-0.3, -0.25) is 14.4 Å². The summed E-state index contributed by atoms with van der Waals surface area (Å²) in [4.78, 5) is 56.2. The van der Waals surface area contributed by atoms with Crippen LogP contribution in [0.15, 0.2) is 124 Å². The first-order valence-electron chi connectivity index (χ1n) is 14.4. The van der Waals surface area contributed by atoms with Crippen LogP contribution in [0.3, 0.4) is 0 Å². The minimum atomic E-state index is -0.328. The van der Waals surface area contributed by atoms with Crippen LogP contribution in [0.25, 0.3) is 0 Å². The average Bonchev–Trinajstić information content (AvgIpc) is 3.67.